The van der Waals surface area contributed by atoms with Crippen molar-refractivity contribution in [3.63, 3.8) is 0 Å². The fraction of sp³-hybridized carbons (Fsp3) is 0.481. The number of carbonyl (C=O) groups is 2. The number of hydrogen-bond donors (Lipinski definition) is 1. The topological polar surface area (TPSA) is 63.6 Å². The Morgan fingerprint density at radius 2 is 1.81 bits per heavy atom. The number of ether oxygens (including phenoxy) is 1. The molecule has 0 amide bonds. The Labute approximate surface area is 189 Å². The molecule has 0 heterocycles. The van der Waals surface area contributed by atoms with E-state index < -0.39 is 17.6 Å². The minimum atomic E-state index is -1.24. The van der Waals surface area contributed by atoms with Gasteiger partial charge < -0.3 is 9.84 Å². The van der Waals surface area contributed by atoms with Gasteiger partial charge in [-0.1, -0.05) is 67.6 Å². The van der Waals surface area contributed by atoms with Crippen LogP contribution in [-0.4, -0.2) is 23.5 Å². The van der Waals surface area contributed by atoms with Crippen molar-refractivity contribution in [2.24, 2.45) is 5.41 Å². The quantitative estimate of drug-likeness (QED) is 0.350. The third-order valence-corrected chi connectivity index (χ3v) is 6.51. The molecule has 0 aliphatic heterocycles. The molecule has 0 aromatic heterocycles. The number of aryl methyl sites for hydroxylation is 1. The zero-order valence-electron chi connectivity index (χ0n) is 19.0. The van der Waals surface area contributed by atoms with Crippen molar-refractivity contribution >= 4 is 11.8 Å². The summed E-state index contributed by atoms with van der Waals surface area (Å²) in [6.07, 6.45) is 4.10. The number of ketones is 1. The zero-order valence-corrected chi connectivity index (χ0v) is 19.0. The third kappa shape index (κ3) is 5.96. The Morgan fingerprint density at radius 1 is 1.09 bits per heavy atom. The van der Waals surface area contributed by atoms with Gasteiger partial charge in [-0.25, -0.2) is 4.39 Å². The van der Waals surface area contributed by atoms with Gasteiger partial charge in [0.2, 0.25) is 0 Å². The molecule has 0 saturated heterocycles. The van der Waals surface area contributed by atoms with Gasteiger partial charge in [0.05, 0.1) is 12.0 Å². The lowest BCUT2D eigenvalue weighted by Crippen LogP contribution is -2.33. The molecule has 1 unspecified atom stereocenters. The highest BCUT2D eigenvalue weighted by Gasteiger charge is 2.40. The summed E-state index contributed by atoms with van der Waals surface area (Å²) in [5.74, 6) is -0.768. The number of halogens is 1. The van der Waals surface area contributed by atoms with Crippen molar-refractivity contribution in [1.82, 2.24) is 0 Å². The number of carbonyl (C=O) groups excluding carboxylic acids is 1. The molecule has 4 nitrogen and oxygen atoms in total. The molecule has 1 fully saturated rings. The standard InChI is InChI=1S/C27H33FO4/c1-19-8-7-9-21(16-19)12-15-32-25-17-22(10-11-23(25)20(2)28)24(29)18-27(26(30)31)13-5-3-4-6-14-27/h7-11,16-17,20H,3-6,12-15,18H2,1-2H3,(H,30,31). The van der Waals surface area contributed by atoms with E-state index in [2.05, 4.69) is 6.07 Å². The molecule has 1 saturated carbocycles. The molecule has 1 atom stereocenters. The van der Waals surface area contributed by atoms with Gasteiger partial charge in [0.1, 0.15) is 11.9 Å². The number of benzene rings is 2. The molecular formula is C27H33FO4. The summed E-state index contributed by atoms with van der Waals surface area (Å²) in [5.41, 5.74) is 2.06. The summed E-state index contributed by atoms with van der Waals surface area (Å²) in [6.45, 7) is 3.83. The van der Waals surface area contributed by atoms with Crippen molar-refractivity contribution in [2.75, 3.05) is 6.61 Å². The van der Waals surface area contributed by atoms with Crippen LogP contribution in [-0.2, 0) is 11.2 Å². The van der Waals surface area contributed by atoms with Crippen LogP contribution in [0.25, 0.3) is 0 Å². The second kappa shape index (κ2) is 10.8. The highest BCUT2D eigenvalue weighted by Crippen LogP contribution is 2.40. The summed E-state index contributed by atoms with van der Waals surface area (Å²) in [5, 5.41) is 9.90. The van der Waals surface area contributed by atoms with E-state index in [9.17, 15) is 19.1 Å². The first-order valence-corrected chi connectivity index (χ1v) is 11.5. The van der Waals surface area contributed by atoms with Crippen molar-refractivity contribution in [2.45, 2.75) is 71.4 Å². The van der Waals surface area contributed by atoms with Gasteiger partial charge in [-0.15, -0.1) is 0 Å². The SMILES string of the molecule is Cc1cccc(CCOc2cc(C(=O)CC3(C(=O)O)CCCCCC3)ccc2C(C)F)c1. The summed E-state index contributed by atoms with van der Waals surface area (Å²) in [4.78, 5) is 25.2. The van der Waals surface area contributed by atoms with Gasteiger partial charge in [0, 0.05) is 24.0 Å². The zero-order chi connectivity index (χ0) is 23.1. The van der Waals surface area contributed by atoms with E-state index in [-0.39, 0.29) is 12.2 Å². The smallest absolute Gasteiger partial charge is 0.310 e. The molecule has 3 rings (SSSR count). The molecule has 5 heteroatoms. The van der Waals surface area contributed by atoms with Crippen LogP contribution in [0.3, 0.4) is 0 Å². The van der Waals surface area contributed by atoms with Gasteiger partial charge in [0.25, 0.3) is 0 Å². The molecule has 0 radical (unpaired) electrons. The monoisotopic (exact) mass is 440 g/mol. The predicted octanol–water partition coefficient (Wildman–Crippen LogP) is 6.65. The van der Waals surface area contributed by atoms with Crippen LogP contribution in [0.15, 0.2) is 42.5 Å². The van der Waals surface area contributed by atoms with Crippen LogP contribution in [0, 0.1) is 12.3 Å². The Hall–Kier alpha value is -2.69. The van der Waals surface area contributed by atoms with Crippen LogP contribution in [0.1, 0.15) is 85.1 Å². The molecule has 2 aromatic rings. The van der Waals surface area contributed by atoms with E-state index in [4.69, 9.17) is 4.74 Å². The maximum absolute atomic E-state index is 14.2. The highest BCUT2D eigenvalue weighted by molar-refractivity contribution is 5.99. The van der Waals surface area contributed by atoms with E-state index in [1.165, 1.54) is 12.5 Å². The molecule has 0 bridgehead atoms. The van der Waals surface area contributed by atoms with E-state index in [0.29, 0.717) is 42.7 Å². The van der Waals surface area contributed by atoms with Crippen LogP contribution < -0.4 is 4.74 Å². The Bertz CT molecular complexity index is 942. The lowest BCUT2D eigenvalue weighted by Gasteiger charge is -2.27. The minimum absolute atomic E-state index is 0.0322. The van der Waals surface area contributed by atoms with Crippen molar-refractivity contribution in [3.05, 3.63) is 64.7 Å². The fourth-order valence-corrected chi connectivity index (χ4v) is 4.59. The van der Waals surface area contributed by atoms with Crippen molar-refractivity contribution < 1.29 is 23.8 Å². The van der Waals surface area contributed by atoms with E-state index in [1.807, 2.05) is 25.1 Å². The Balaban J connectivity index is 1.76. The summed E-state index contributed by atoms with van der Waals surface area (Å²) >= 11 is 0. The van der Waals surface area contributed by atoms with E-state index >= 15 is 0 Å². The number of alkyl halides is 1. The fourth-order valence-electron chi connectivity index (χ4n) is 4.59. The van der Waals surface area contributed by atoms with Gasteiger partial charge >= 0.3 is 5.97 Å². The van der Waals surface area contributed by atoms with Gasteiger partial charge in [-0.2, -0.15) is 0 Å². The summed E-state index contributed by atoms with van der Waals surface area (Å²) in [7, 11) is 0. The van der Waals surface area contributed by atoms with Crippen LogP contribution >= 0.6 is 0 Å². The number of rotatable bonds is 9. The lowest BCUT2D eigenvalue weighted by molar-refractivity contribution is -0.149. The predicted molar refractivity (Wildman–Crippen MR) is 123 cm³/mol. The molecule has 172 valence electrons. The largest absolute Gasteiger partial charge is 0.493 e. The van der Waals surface area contributed by atoms with Gasteiger partial charge in [-0.3, -0.25) is 9.59 Å². The first-order valence-electron chi connectivity index (χ1n) is 11.5. The average Bonchev–Trinajstić information content (AvgIpc) is 3.00. The van der Waals surface area contributed by atoms with E-state index in [0.717, 1.165) is 31.2 Å². The van der Waals surface area contributed by atoms with Crippen LogP contribution in [0.5, 0.6) is 5.75 Å². The van der Waals surface area contributed by atoms with Gasteiger partial charge in [-0.05, 0) is 38.3 Å². The maximum atomic E-state index is 14.2. The number of carboxylic acid groups (broad SMARTS) is 1. The Morgan fingerprint density at radius 3 is 2.44 bits per heavy atom. The molecular weight excluding hydrogens is 407 g/mol. The second-order valence-electron chi connectivity index (χ2n) is 9.06. The molecule has 0 spiro atoms. The molecule has 2 aromatic carbocycles. The number of carboxylic acids is 1. The number of Topliss-reactive ketones (excluding diaryl/α,β-unsaturated/α-hetero) is 1. The number of aliphatic carboxylic acids is 1. The first-order chi connectivity index (χ1) is 15.3. The van der Waals surface area contributed by atoms with E-state index in [1.54, 1.807) is 18.2 Å². The summed E-state index contributed by atoms with van der Waals surface area (Å²) in [6, 6.07) is 12.9. The molecule has 32 heavy (non-hydrogen) atoms. The average molecular weight is 441 g/mol. The summed E-state index contributed by atoms with van der Waals surface area (Å²) < 4.78 is 20.1. The molecule has 1 N–H and O–H groups in total. The second-order valence-corrected chi connectivity index (χ2v) is 9.06. The highest BCUT2D eigenvalue weighted by atomic mass is 19.1. The van der Waals surface area contributed by atoms with Crippen LogP contribution in [0.4, 0.5) is 4.39 Å². The molecule has 1 aliphatic rings. The Kier molecular flexibility index (Phi) is 8.05. The van der Waals surface area contributed by atoms with Gasteiger partial charge in [0.15, 0.2) is 5.78 Å². The van der Waals surface area contributed by atoms with Crippen LogP contribution in [0.2, 0.25) is 0 Å². The molecule has 1 aliphatic carbocycles. The number of hydrogen-bond acceptors (Lipinski definition) is 3. The van der Waals surface area contributed by atoms with Crippen molar-refractivity contribution in [3.8, 4) is 5.75 Å². The first kappa shape index (κ1) is 24.0. The minimum Gasteiger partial charge on any atom is -0.493 e. The normalized spacial score (nSPS) is 16.7. The third-order valence-electron chi connectivity index (χ3n) is 6.51. The van der Waals surface area contributed by atoms with Crippen molar-refractivity contribution in [1.29, 1.82) is 0 Å². The lowest BCUT2D eigenvalue weighted by atomic mass is 9.75. The maximum Gasteiger partial charge on any atom is 0.310 e.